The Labute approximate surface area is 191 Å². The van der Waals surface area contributed by atoms with Crippen molar-refractivity contribution in [1.82, 2.24) is 9.73 Å². The highest BCUT2D eigenvalue weighted by atomic mass is 35.5. The summed E-state index contributed by atoms with van der Waals surface area (Å²) in [6, 6.07) is 10.9. The molecule has 0 spiro atoms. The van der Waals surface area contributed by atoms with Crippen LogP contribution in [0.3, 0.4) is 0 Å². The first-order valence-corrected chi connectivity index (χ1v) is 12.6. The molecule has 31 heavy (non-hydrogen) atoms. The molecular weight excluding hydrogens is 456 g/mol. The summed E-state index contributed by atoms with van der Waals surface area (Å²) < 4.78 is 32.6. The monoisotopic (exact) mass is 478 g/mol. The molecule has 2 aliphatic rings. The number of benzene rings is 2. The van der Waals surface area contributed by atoms with Crippen molar-refractivity contribution in [2.75, 3.05) is 32.1 Å². The van der Waals surface area contributed by atoms with Crippen molar-refractivity contribution in [2.24, 2.45) is 10.1 Å². The van der Waals surface area contributed by atoms with Crippen molar-refractivity contribution >= 4 is 50.0 Å². The standard InChI is InChI=1S/C21H23ClN4O3S2/c1-14-3-4-15(2)17(11-14)20-13-30-21(25-24-20)23-19-12-16(5-6-18(19)22)31(27,28)26-7-9-29-10-8-26/h3-6,11-12H,7-10,13H2,1-2H3,(H,23,25). The van der Waals surface area contributed by atoms with E-state index in [0.29, 0.717) is 47.9 Å². The van der Waals surface area contributed by atoms with E-state index in [4.69, 9.17) is 16.3 Å². The Hall–Kier alpha value is -1.91. The Kier molecular flexibility index (Phi) is 6.68. The molecule has 4 rings (SSSR count). The van der Waals surface area contributed by atoms with Gasteiger partial charge < -0.3 is 4.74 Å². The van der Waals surface area contributed by atoms with E-state index in [9.17, 15) is 8.42 Å². The van der Waals surface area contributed by atoms with Gasteiger partial charge in [-0.3, -0.25) is 5.43 Å². The average molecular weight is 479 g/mol. The SMILES string of the molecule is Cc1ccc(C)c(C2=NNC(=Nc3cc(S(=O)(=O)N4CCOCC4)ccc3Cl)SC2)c1. The van der Waals surface area contributed by atoms with Gasteiger partial charge in [-0.1, -0.05) is 41.1 Å². The number of sulfonamides is 1. The Morgan fingerprint density at radius 2 is 1.94 bits per heavy atom. The number of nitrogens with zero attached hydrogens (tertiary/aromatic N) is 3. The van der Waals surface area contributed by atoms with Crippen LogP contribution in [0.15, 0.2) is 51.4 Å². The van der Waals surface area contributed by atoms with Crippen molar-refractivity contribution in [1.29, 1.82) is 0 Å². The lowest BCUT2D eigenvalue weighted by Gasteiger charge is -2.26. The summed E-state index contributed by atoms with van der Waals surface area (Å²) in [7, 11) is -3.63. The van der Waals surface area contributed by atoms with Crippen molar-refractivity contribution < 1.29 is 13.2 Å². The van der Waals surface area contributed by atoms with Crippen molar-refractivity contribution in [3.05, 3.63) is 58.1 Å². The Balaban J connectivity index is 1.57. The second-order valence-electron chi connectivity index (χ2n) is 7.32. The predicted octanol–water partition coefficient (Wildman–Crippen LogP) is 3.71. The van der Waals surface area contributed by atoms with Crippen LogP contribution in [0.25, 0.3) is 0 Å². The molecule has 0 unspecified atom stereocenters. The predicted molar refractivity (Wildman–Crippen MR) is 126 cm³/mol. The fraction of sp³-hybridized carbons (Fsp3) is 0.333. The third-order valence-corrected chi connectivity index (χ3v) is 8.17. The van der Waals surface area contributed by atoms with E-state index < -0.39 is 10.0 Å². The van der Waals surface area contributed by atoms with Gasteiger partial charge in [-0.05, 0) is 43.7 Å². The van der Waals surface area contributed by atoms with Gasteiger partial charge in [-0.15, -0.1) is 0 Å². The number of rotatable bonds is 4. The first-order chi connectivity index (χ1) is 14.8. The number of amidine groups is 1. The maximum absolute atomic E-state index is 12.9. The molecule has 1 N–H and O–H groups in total. The molecule has 0 amide bonds. The Morgan fingerprint density at radius 1 is 1.16 bits per heavy atom. The average Bonchev–Trinajstić information content (AvgIpc) is 2.78. The number of halogens is 1. The second-order valence-corrected chi connectivity index (χ2v) is 10.6. The minimum absolute atomic E-state index is 0.165. The van der Waals surface area contributed by atoms with Gasteiger partial charge in [0.25, 0.3) is 0 Å². The first-order valence-electron chi connectivity index (χ1n) is 9.84. The molecule has 0 atom stereocenters. The summed E-state index contributed by atoms with van der Waals surface area (Å²) in [6.07, 6.45) is 0. The molecule has 2 aliphatic heterocycles. The van der Waals surface area contributed by atoms with Crippen LogP contribution in [0.5, 0.6) is 0 Å². The van der Waals surface area contributed by atoms with E-state index >= 15 is 0 Å². The van der Waals surface area contributed by atoms with E-state index in [2.05, 4.69) is 47.6 Å². The van der Waals surface area contributed by atoms with Crippen molar-refractivity contribution in [2.45, 2.75) is 18.7 Å². The summed E-state index contributed by atoms with van der Waals surface area (Å²) in [6.45, 7) is 5.57. The molecule has 1 saturated heterocycles. The van der Waals surface area contributed by atoms with Crippen LogP contribution in [-0.4, -0.2) is 55.7 Å². The smallest absolute Gasteiger partial charge is 0.243 e. The zero-order chi connectivity index (χ0) is 22.0. The lowest BCUT2D eigenvalue weighted by molar-refractivity contribution is 0.0730. The quantitative estimate of drug-likeness (QED) is 0.724. The molecule has 164 valence electrons. The van der Waals surface area contributed by atoms with Crippen LogP contribution < -0.4 is 5.43 Å². The van der Waals surface area contributed by atoms with Crippen LogP contribution in [-0.2, 0) is 14.8 Å². The van der Waals surface area contributed by atoms with E-state index in [-0.39, 0.29) is 4.90 Å². The van der Waals surface area contributed by atoms with Gasteiger partial charge in [-0.2, -0.15) is 9.41 Å². The number of morpholine rings is 1. The van der Waals surface area contributed by atoms with Crippen LogP contribution in [0.1, 0.15) is 16.7 Å². The van der Waals surface area contributed by atoms with Crippen LogP contribution >= 0.6 is 23.4 Å². The maximum atomic E-state index is 12.9. The zero-order valence-corrected chi connectivity index (χ0v) is 19.6. The van der Waals surface area contributed by atoms with Gasteiger partial charge in [-0.25, -0.2) is 13.4 Å². The third-order valence-electron chi connectivity index (χ3n) is 5.08. The minimum Gasteiger partial charge on any atom is -0.379 e. The van der Waals surface area contributed by atoms with Crippen molar-refractivity contribution in [3.8, 4) is 0 Å². The molecule has 0 radical (unpaired) electrons. The molecule has 1 fully saturated rings. The fourth-order valence-corrected chi connectivity index (χ4v) is 5.70. The number of thioether (sulfide) groups is 1. The molecule has 10 heteroatoms. The van der Waals surface area contributed by atoms with Gasteiger partial charge in [0.15, 0.2) is 5.17 Å². The van der Waals surface area contributed by atoms with Gasteiger partial charge >= 0.3 is 0 Å². The van der Waals surface area contributed by atoms with Crippen LogP contribution in [0.2, 0.25) is 5.02 Å². The molecule has 0 aromatic heterocycles. The topological polar surface area (TPSA) is 83.4 Å². The molecule has 7 nitrogen and oxygen atoms in total. The van der Waals surface area contributed by atoms with Gasteiger partial charge in [0, 0.05) is 24.4 Å². The summed E-state index contributed by atoms with van der Waals surface area (Å²) in [5.74, 6) is 0.652. The van der Waals surface area contributed by atoms with Gasteiger partial charge in [0.05, 0.1) is 34.5 Å². The number of aryl methyl sites for hydroxylation is 2. The number of hydrogen-bond donors (Lipinski definition) is 1. The van der Waals surface area contributed by atoms with Gasteiger partial charge in [0.2, 0.25) is 10.0 Å². The number of nitrogens with one attached hydrogen (secondary N) is 1. The van der Waals surface area contributed by atoms with Gasteiger partial charge in [0.1, 0.15) is 0 Å². The summed E-state index contributed by atoms with van der Waals surface area (Å²) in [5, 5.41) is 5.43. The normalized spacial score (nSPS) is 19.2. The van der Waals surface area contributed by atoms with E-state index in [0.717, 1.165) is 16.8 Å². The molecular formula is C21H23ClN4O3S2. The maximum Gasteiger partial charge on any atom is 0.243 e. The molecule has 2 heterocycles. The summed E-state index contributed by atoms with van der Waals surface area (Å²) in [4.78, 5) is 4.69. The second kappa shape index (κ2) is 9.30. The zero-order valence-electron chi connectivity index (χ0n) is 17.3. The van der Waals surface area contributed by atoms with Crippen LogP contribution in [0.4, 0.5) is 5.69 Å². The highest BCUT2D eigenvalue weighted by molar-refractivity contribution is 8.14. The number of aliphatic imine (C=N–C) groups is 1. The summed E-state index contributed by atoms with van der Waals surface area (Å²) >= 11 is 7.80. The summed E-state index contributed by atoms with van der Waals surface area (Å²) in [5.41, 5.74) is 7.76. The lowest BCUT2D eigenvalue weighted by atomic mass is 10.0. The molecule has 2 aromatic carbocycles. The lowest BCUT2D eigenvalue weighted by Crippen LogP contribution is -2.40. The molecule has 0 saturated carbocycles. The van der Waals surface area contributed by atoms with Crippen LogP contribution in [0, 0.1) is 13.8 Å². The van der Waals surface area contributed by atoms with Crippen molar-refractivity contribution in [3.63, 3.8) is 0 Å². The highest BCUT2D eigenvalue weighted by Gasteiger charge is 2.27. The largest absolute Gasteiger partial charge is 0.379 e. The Bertz CT molecular complexity index is 1160. The number of hydrazone groups is 1. The highest BCUT2D eigenvalue weighted by Crippen LogP contribution is 2.31. The first kappa shape index (κ1) is 22.3. The minimum atomic E-state index is -3.63. The number of ether oxygens (including phenoxy) is 1. The van der Waals surface area contributed by atoms with E-state index in [1.807, 2.05) is 0 Å². The van der Waals surface area contributed by atoms with E-state index in [1.54, 1.807) is 6.07 Å². The molecule has 0 aliphatic carbocycles. The fourth-order valence-electron chi connectivity index (χ4n) is 3.34. The molecule has 0 bridgehead atoms. The number of hydrogen-bond acceptors (Lipinski definition) is 6. The Morgan fingerprint density at radius 3 is 2.65 bits per heavy atom. The van der Waals surface area contributed by atoms with E-state index in [1.165, 1.54) is 33.8 Å². The third kappa shape index (κ3) is 4.96. The molecule has 2 aromatic rings.